The number of amides is 2. The zero-order valence-corrected chi connectivity index (χ0v) is 15.9. The zero-order chi connectivity index (χ0) is 19.6. The topological polar surface area (TPSA) is 107 Å². The van der Waals surface area contributed by atoms with Crippen LogP contribution < -0.4 is 16.6 Å². The van der Waals surface area contributed by atoms with E-state index in [0.717, 1.165) is 0 Å². The van der Waals surface area contributed by atoms with Crippen LogP contribution >= 0.6 is 11.3 Å². The Morgan fingerprint density at radius 3 is 2.59 bits per heavy atom. The molecule has 2 aromatic heterocycles. The molecular formula is C19H20N4O3S. The second kappa shape index (κ2) is 7.71. The largest absolute Gasteiger partial charge is 0.370 e. The zero-order valence-electron chi connectivity index (χ0n) is 15.1. The first-order valence-electron chi connectivity index (χ1n) is 8.59. The Morgan fingerprint density at radius 1 is 1.26 bits per heavy atom. The van der Waals surface area contributed by atoms with E-state index >= 15 is 0 Å². The number of carbonyl (C=O) groups excluding carboxylic acids is 2. The van der Waals surface area contributed by atoms with Gasteiger partial charge in [0, 0.05) is 25.1 Å². The van der Waals surface area contributed by atoms with Gasteiger partial charge < -0.3 is 11.1 Å². The Balaban J connectivity index is 2.05. The van der Waals surface area contributed by atoms with Gasteiger partial charge in [0.05, 0.1) is 10.3 Å². The molecule has 27 heavy (non-hydrogen) atoms. The summed E-state index contributed by atoms with van der Waals surface area (Å²) in [7, 11) is 0. The SMILES string of the molecule is CCc1nc2sc(C(=O)Nc3ccccc3)c(C)c2c(=O)n1CCC(N)=O. The molecule has 2 amide bonds. The molecule has 7 nitrogen and oxygen atoms in total. The monoisotopic (exact) mass is 384 g/mol. The quantitative estimate of drug-likeness (QED) is 0.681. The van der Waals surface area contributed by atoms with E-state index in [9.17, 15) is 14.4 Å². The molecule has 8 heteroatoms. The van der Waals surface area contributed by atoms with Crippen molar-refractivity contribution in [1.82, 2.24) is 9.55 Å². The van der Waals surface area contributed by atoms with E-state index < -0.39 is 5.91 Å². The molecule has 0 saturated carbocycles. The van der Waals surface area contributed by atoms with Crippen molar-refractivity contribution in [2.75, 3.05) is 5.32 Å². The van der Waals surface area contributed by atoms with Crippen molar-refractivity contribution in [3.8, 4) is 0 Å². The third kappa shape index (κ3) is 3.75. The van der Waals surface area contributed by atoms with Gasteiger partial charge in [-0.15, -0.1) is 11.3 Å². The van der Waals surface area contributed by atoms with Crippen molar-refractivity contribution in [2.24, 2.45) is 5.73 Å². The number of hydrogen-bond donors (Lipinski definition) is 2. The number of thiophene rings is 1. The number of hydrogen-bond acceptors (Lipinski definition) is 5. The second-order valence-electron chi connectivity index (χ2n) is 6.11. The molecule has 1 aromatic carbocycles. The minimum atomic E-state index is -0.478. The standard InChI is InChI=1S/C19H20N4O3S/c1-3-14-22-18-15(19(26)23(14)10-9-13(20)24)11(2)16(27-18)17(25)21-12-7-5-4-6-8-12/h4-8H,3,9-10H2,1-2H3,(H2,20,24)(H,21,25). The number of aryl methyl sites for hydroxylation is 2. The van der Waals surface area contributed by atoms with Gasteiger partial charge in [0.25, 0.3) is 11.5 Å². The summed E-state index contributed by atoms with van der Waals surface area (Å²) in [6.45, 7) is 3.81. The number of primary amides is 1. The highest BCUT2D eigenvalue weighted by Crippen LogP contribution is 2.28. The first-order chi connectivity index (χ1) is 12.9. The maximum atomic E-state index is 13.0. The van der Waals surface area contributed by atoms with Crippen molar-refractivity contribution in [2.45, 2.75) is 33.2 Å². The van der Waals surface area contributed by atoms with Crippen LogP contribution in [0.3, 0.4) is 0 Å². The lowest BCUT2D eigenvalue weighted by Gasteiger charge is -2.10. The molecule has 140 valence electrons. The highest BCUT2D eigenvalue weighted by molar-refractivity contribution is 7.20. The van der Waals surface area contributed by atoms with E-state index in [1.54, 1.807) is 19.1 Å². The molecule has 0 atom stereocenters. The van der Waals surface area contributed by atoms with E-state index in [-0.39, 0.29) is 24.4 Å². The van der Waals surface area contributed by atoms with Gasteiger partial charge in [-0.1, -0.05) is 25.1 Å². The summed E-state index contributed by atoms with van der Waals surface area (Å²) in [6, 6.07) is 9.13. The van der Waals surface area contributed by atoms with Gasteiger partial charge in [-0.2, -0.15) is 0 Å². The number of rotatable bonds is 6. The number of benzene rings is 1. The number of nitrogens with two attached hydrogens (primary N) is 1. The van der Waals surface area contributed by atoms with Crippen LogP contribution in [-0.2, 0) is 17.8 Å². The lowest BCUT2D eigenvalue weighted by Crippen LogP contribution is -2.27. The smallest absolute Gasteiger partial charge is 0.266 e. The average molecular weight is 384 g/mol. The number of carbonyl (C=O) groups is 2. The Morgan fingerprint density at radius 2 is 1.96 bits per heavy atom. The molecule has 0 aliphatic carbocycles. The van der Waals surface area contributed by atoms with Crippen molar-refractivity contribution < 1.29 is 9.59 Å². The molecular weight excluding hydrogens is 364 g/mol. The maximum absolute atomic E-state index is 13.0. The molecule has 0 fully saturated rings. The molecule has 3 aromatic rings. The molecule has 0 unspecified atom stereocenters. The lowest BCUT2D eigenvalue weighted by atomic mass is 10.2. The summed E-state index contributed by atoms with van der Waals surface area (Å²) < 4.78 is 1.48. The molecule has 0 spiro atoms. The third-order valence-electron chi connectivity index (χ3n) is 4.27. The van der Waals surface area contributed by atoms with E-state index in [2.05, 4.69) is 10.3 Å². The summed E-state index contributed by atoms with van der Waals surface area (Å²) in [4.78, 5) is 42.3. The van der Waals surface area contributed by atoms with Gasteiger partial charge in [-0.05, 0) is 24.6 Å². The van der Waals surface area contributed by atoms with Gasteiger partial charge in [-0.25, -0.2) is 4.98 Å². The van der Waals surface area contributed by atoms with E-state index in [0.29, 0.717) is 38.6 Å². The minimum Gasteiger partial charge on any atom is -0.370 e. The van der Waals surface area contributed by atoms with E-state index in [4.69, 9.17) is 5.73 Å². The van der Waals surface area contributed by atoms with Crippen LogP contribution in [0, 0.1) is 6.92 Å². The van der Waals surface area contributed by atoms with Crippen LogP contribution in [0.5, 0.6) is 0 Å². The molecule has 2 heterocycles. The molecule has 3 N–H and O–H groups in total. The molecule has 0 aliphatic rings. The van der Waals surface area contributed by atoms with Gasteiger partial charge in [0.1, 0.15) is 10.7 Å². The number of nitrogens with zero attached hydrogens (tertiary/aromatic N) is 2. The van der Waals surface area contributed by atoms with Crippen LogP contribution in [-0.4, -0.2) is 21.4 Å². The minimum absolute atomic E-state index is 0.0601. The predicted octanol–water partition coefficient (Wildman–Crippen LogP) is 2.46. The lowest BCUT2D eigenvalue weighted by molar-refractivity contribution is -0.118. The van der Waals surface area contributed by atoms with Crippen molar-refractivity contribution in [3.05, 3.63) is 57.0 Å². The predicted molar refractivity (Wildman–Crippen MR) is 106 cm³/mol. The summed E-state index contributed by atoms with van der Waals surface area (Å²) in [5, 5.41) is 3.25. The van der Waals surface area contributed by atoms with Crippen LogP contribution in [0.2, 0.25) is 0 Å². The molecule has 0 aliphatic heterocycles. The Hall–Kier alpha value is -3.00. The van der Waals surface area contributed by atoms with Gasteiger partial charge in [0.15, 0.2) is 0 Å². The fourth-order valence-electron chi connectivity index (χ4n) is 2.91. The Bertz CT molecular complexity index is 1070. The highest BCUT2D eigenvalue weighted by Gasteiger charge is 2.21. The van der Waals surface area contributed by atoms with Crippen molar-refractivity contribution in [3.63, 3.8) is 0 Å². The van der Waals surface area contributed by atoms with Crippen molar-refractivity contribution >= 4 is 39.1 Å². The third-order valence-corrected chi connectivity index (χ3v) is 5.45. The molecule has 3 rings (SSSR count). The van der Waals surface area contributed by atoms with Crippen LogP contribution in [0.25, 0.3) is 10.2 Å². The number of fused-ring (bicyclic) bond motifs is 1. The molecule has 0 radical (unpaired) electrons. The van der Waals surface area contributed by atoms with E-state index in [1.165, 1.54) is 15.9 Å². The van der Waals surface area contributed by atoms with Crippen LogP contribution in [0.1, 0.15) is 34.4 Å². The number of para-hydroxylation sites is 1. The van der Waals surface area contributed by atoms with Crippen LogP contribution in [0.15, 0.2) is 35.1 Å². The average Bonchev–Trinajstić information content (AvgIpc) is 2.98. The summed E-state index contributed by atoms with van der Waals surface area (Å²) >= 11 is 1.20. The summed E-state index contributed by atoms with van der Waals surface area (Å²) in [5.74, 6) is -0.179. The summed E-state index contributed by atoms with van der Waals surface area (Å²) in [6.07, 6.45) is 0.594. The Kier molecular flexibility index (Phi) is 5.36. The normalized spacial score (nSPS) is 10.9. The van der Waals surface area contributed by atoms with Crippen molar-refractivity contribution in [1.29, 1.82) is 0 Å². The second-order valence-corrected chi connectivity index (χ2v) is 7.11. The fraction of sp³-hybridized carbons (Fsp3) is 0.263. The first kappa shape index (κ1) is 18.8. The van der Waals surface area contributed by atoms with Gasteiger partial charge in [-0.3, -0.25) is 19.0 Å². The van der Waals surface area contributed by atoms with Crippen LogP contribution in [0.4, 0.5) is 5.69 Å². The first-order valence-corrected chi connectivity index (χ1v) is 9.41. The van der Waals surface area contributed by atoms with Gasteiger partial charge >= 0.3 is 0 Å². The number of nitrogens with one attached hydrogen (secondary N) is 1. The fourth-order valence-corrected chi connectivity index (χ4v) is 3.99. The summed E-state index contributed by atoms with van der Waals surface area (Å²) in [5.41, 5.74) is 6.25. The number of aromatic nitrogens is 2. The van der Waals surface area contributed by atoms with E-state index in [1.807, 2.05) is 25.1 Å². The number of anilines is 1. The highest BCUT2D eigenvalue weighted by atomic mass is 32.1. The Labute approximate surface area is 159 Å². The van der Waals surface area contributed by atoms with Gasteiger partial charge in [0.2, 0.25) is 5.91 Å². The molecule has 0 saturated heterocycles. The molecule has 0 bridgehead atoms. The maximum Gasteiger partial charge on any atom is 0.266 e.